The van der Waals surface area contributed by atoms with Crippen LogP contribution in [0.4, 0.5) is 4.79 Å². The molecule has 0 aromatic heterocycles. The summed E-state index contributed by atoms with van der Waals surface area (Å²) in [6.07, 6.45) is 1.63. The van der Waals surface area contributed by atoms with Crippen LogP contribution in [-0.4, -0.2) is 52.1 Å². The minimum atomic E-state index is -1.01. The number of amides is 2. The Bertz CT molecular complexity index is 295. The van der Waals surface area contributed by atoms with E-state index in [9.17, 15) is 9.59 Å². The number of likely N-dealkylation sites (N-methyl/N-ethyl adjacent to an activating group) is 1. The molecular formula is C12H22N2O3. The predicted octanol–water partition coefficient (Wildman–Crippen LogP) is 1.80. The number of carbonyl (C=O) groups excluding carboxylic acids is 1. The fourth-order valence-corrected chi connectivity index (χ4v) is 1.40. The molecule has 0 aromatic carbocycles. The van der Waals surface area contributed by atoms with Gasteiger partial charge >= 0.3 is 12.0 Å². The largest absolute Gasteiger partial charge is 0.480 e. The smallest absolute Gasteiger partial charge is 0.323 e. The highest BCUT2D eigenvalue weighted by Gasteiger charge is 2.30. The van der Waals surface area contributed by atoms with E-state index in [0.29, 0.717) is 13.1 Å². The van der Waals surface area contributed by atoms with Crippen molar-refractivity contribution in [2.75, 3.05) is 19.6 Å². The zero-order valence-corrected chi connectivity index (χ0v) is 11.1. The zero-order chi connectivity index (χ0) is 13.6. The first kappa shape index (κ1) is 15.5. The van der Waals surface area contributed by atoms with Gasteiger partial charge in [-0.1, -0.05) is 6.08 Å². The third-order valence-electron chi connectivity index (χ3n) is 2.34. The second-order valence-corrected chi connectivity index (χ2v) is 4.76. The van der Waals surface area contributed by atoms with Crippen LogP contribution in [0.1, 0.15) is 27.7 Å². The quantitative estimate of drug-likeness (QED) is 0.748. The van der Waals surface area contributed by atoms with Crippen molar-refractivity contribution in [3.05, 3.63) is 12.7 Å². The van der Waals surface area contributed by atoms with Gasteiger partial charge in [-0.15, -0.1) is 6.58 Å². The number of rotatable bonds is 5. The van der Waals surface area contributed by atoms with Crippen molar-refractivity contribution in [2.45, 2.75) is 33.2 Å². The first-order valence-corrected chi connectivity index (χ1v) is 5.63. The van der Waals surface area contributed by atoms with Gasteiger partial charge < -0.3 is 14.9 Å². The Labute approximate surface area is 103 Å². The van der Waals surface area contributed by atoms with E-state index >= 15 is 0 Å². The summed E-state index contributed by atoms with van der Waals surface area (Å²) in [6.45, 7) is 11.5. The van der Waals surface area contributed by atoms with E-state index in [1.165, 1.54) is 4.90 Å². The highest BCUT2D eigenvalue weighted by atomic mass is 16.4. The summed E-state index contributed by atoms with van der Waals surface area (Å²) in [5.41, 5.74) is -0.524. The molecule has 0 fully saturated rings. The topological polar surface area (TPSA) is 60.9 Å². The van der Waals surface area contributed by atoms with Gasteiger partial charge in [-0.2, -0.15) is 0 Å². The minimum Gasteiger partial charge on any atom is -0.480 e. The Morgan fingerprint density at radius 3 is 2.18 bits per heavy atom. The van der Waals surface area contributed by atoms with Gasteiger partial charge in [0.25, 0.3) is 0 Å². The van der Waals surface area contributed by atoms with Crippen molar-refractivity contribution >= 4 is 12.0 Å². The molecule has 0 radical (unpaired) electrons. The molecule has 0 unspecified atom stereocenters. The summed E-state index contributed by atoms with van der Waals surface area (Å²) in [7, 11) is 0. The van der Waals surface area contributed by atoms with Crippen molar-refractivity contribution < 1.29 is 14.7 Å². The van der Waals surface area contributed by atoms with Crippen molar-refractivity contribution in [3.63, 3.8) is 0 Å². The maximum absolute atomic E-state index is 12.2. The van der Waals surface area contributed by atoms with Crippen LogP contribution >= 0.6 is 0 Å². The molecule has 0 rings (SSSR count). The molecule has 0 heterocycles. The lowest BCUT2D eigenvalue weighted by atomic mass is 10.1. The summed E-state index contributed by atoms with van der Waals surface area (Å²) in [4.78, 5) is 25.9. The lowest BCUT2D eigenvalue weighted by Crippen LogP contribution is -2.53. The average molecular weight is 242 g/mol. The third kappa shape index (κ3) is 4.89. The molecule has 0 bridgehead atoms. The highest BCUT2D eigenvalue weighted by Crippen LogP contribution is 2.15. The Kier molecular flexibility index (Phi) is 5.71. The molecule has 0 aliphatic rings. The van der Waals surface area contributed by atoms with Crippen LogP contribution < -0.4 is 0 Å². The Morgan fingerprint density at radius 2 is 1.88 bits per heavy atom. The van der Waals surface area contributed by atoms with E-state index in [2.05, 4.69) is 6.58 Å². The van der Waals surface area contributed by atoms with Crippen LogP contribution in [0.15, 0.2) is 12.7 Å². The lowest BCUT2D eigenvalue weighted by molar-refractivity contribution is -0.138. The number of carboxylic acids is 1. The first-order valence-electron chi connectivity index (χ1n) is 5.63. The molecular weight excluding hydrogens is 220 g/mol. The van der Waals surface area contributed by atoms with Crippen LogP contribution in [0.25, 0.3) is 0 Å². The van der Waals surface area contributed by atoms with E-state index < -0.39 is 11.5 Å². The number of carbonyl (C=O) groups is 2. The Hall–Kier alpha value is -1.52. The van der Waals surface area contributed by atoms with Crippen molar-refractivity contribution in [1.29, 1.82) is 0 Å². The molecule has 0 spiro atoms. The van der Waals surface area contributed by atoms with Gasteiger partial charge in [0.1, 0.15) is 6.54 Å². The fourth-order valence-electron chi connectivity index (χ4n) is 1.40. The summed E-state index contributed by atoms with van der Waals surface area (Å²) in [5, 5.41) is 8.85. The number of urea groups is 1. The van der Waals surface area contributed by atoms with Crippen LogP contribution in [0, 0.1) is 0 Å². The summed E-state index contributed by atoms with van der Waals surface area (Å²) in [5.74, 6) is -1.01. The number of hydrogen-bond donors (Lipinski definition) is 1. The highest BCUT2D eigenvalue weighted by molar-refractivity contribution is 5.81. The van der Waals surface area contributed by atoms with Crippen molar-refractivity contribution in [3.8, 4) is 0 Å². The zero-order valence-electron chi connectivity index (χ0n) is 11.1. The normalized spacial score (nSPS) is 10.8. The van der Waals surface area contributed by atoms with Gasteiger partial charge in [-0.05, 0) is 27.7 Å². The van der Waals surface area contributed by atoms with Crippen LogP contribution in [0.3, 0.4) is 0 Å². The molecule has 0 saturated heterocycles. The van der Waals surface area contributed by atoms with E-state index in [0.717, 1.165) is 0 Å². The van der Waals surface area contributed by atoms with Crippen LogP contribution in [-0.2, 0) is 4.79 Å². The first-order chi connectivity index (χ1) is 7.73. The van der Waals surface area contributed by atoms with E-state index in [1.54, 1.807) is 11.0 Å². The molecule has 0 aromatic rings. The van der Waals surface area contributed by atoms with E-state index in [-0.39, 0.29) is 12.6 Å². The van der Waals surface area contributed by atoms with E-state index in [1.807, 2.05) is 27.7 Å². The third-order valence-corrected chi connectivity index (χ3v) is 2.34. The predicted molar refractivity (Wildman–Crippen MR) is 66.9 cm³/mol. The molecule has 5 nitrogen and oxygen atoms in total. The molecule has 5 heteroatoms. The monoisotopic (exact) mass is 242 g/mol. The van der Waals surface area contributed by atoms with Crippen LogP contribution in [0.5, 0.6) is 0 Å². The van der Waals surface area contributed by atoms with Gasteiger partial charge in [-0.25, -0.2) is 4.79 Å². The van der Waals surface area contributed by atoms with Gasteiger partial charge in [0.2, 0.25) is 0 Å². The Morgan fingerprint density at radius 1 is 1.35 bits per heavy atom. The van der Waals surface area contributed by atoms with Gasteiger partial charge in [0, 0.05) is 18.6 Å². The van der Waals surface area contributed by atoms with Crippen LogP contribution in [0.2, 0.25) is 0 Å². The molecule has 0 aliphatic carbocycles. The molecule has 0 saturated carbocycles. The molecule has 17 heavy (non-hydrogen) atoms. The maximum Gasteiger partial charge on any atom is 0.323 e. The molecule has 2 amide bonds. The fraction of sp³-hybridized carbons (Fsp3) is 0.667. The van der Waals surface area contributed by atoms with Crippen molar-refractivity contribution in [1.82, 2.24) is 9.80 Å². The SMILES string of the molecule is C=CCN(CC)C(=O)N(CC(=O)O)C(C)(C)C. The summed E-state index contributed by atoms with van der Waals surface area (Å²) in [6, 6.07) is -0.276. The molecule has 98 valence electrons. The standard InChI is InChI=1S/C12H22N2O3/c1-6-8-13(7-2)11(17)14(9-10(15)16)12(3,4)5/h6H,1,7-9H2,2-5H3,(H,15,16). The lowest BCUT2D eigenvalue weighted by Gasteiger charge is -2.37. The maximum atomic E-state index is 12.2. The van der Waals surface area contributed by atoms with Gasteiger partial charge in [-0.3, -0.25) is 4.79 Å². The molecule has 1 N–H and O–H groups in total. The van der Waals surface area contributed by atoms with Gasteiger partial charge in [0.05, 0.1) is 0 Å². The van der Waals surface area contributed by atoms with E-state index in [4.69, 9.17) is 5.11 Å². The summed E-state index contributed by atoms with van der Waals surface area (Å²) >= 11 is 0. The minimum absolute atomic E-state index is 0.276. The second kappa shape index (κ2) is 6.27. The van der Waals surface area contributed by atoms with Crippen molar-refractivity contribution in [2.24, 2.45) is 0 Å². The molecule has 0 aliphatic heterocycles. The number of aliphatic carboxylic acids is 1. The second-order valence-electron chi connectivity index (χ2n) is 4.76. The number of hydrogen-bond acceptors (Lipinski definition) is 2. The summed E-state index contributed by atoms with van der Waals surface area (Å²) < 4.78 is 0. The average Bonchev–Trinajstić information content (AvgIpc) is 2.19. The molecule has 0 atom stereocenters. The number of carboxylic acid groups (broad SMARTS) is 1. The van der Waals surface area contributed by atoms with Gasteiger partial charge in [0.15, 0.2) is 0 Å². The number of nitrogens with zero attached hydrogens (tertiary/aromatic N) is 2. The Balaban J connectivity index is 4.96.